The second kappa shape index (κ2) is 5.80. The highest BCUT2D eigenvalue weighted by Gasteiger charge is 2.30. The third-order valence-electron chi connectivity index (χ3n) is 3.05. The fourth-order valence-electron chi connectivity index (χ4n) is 1.90. The summed E-state index contributed by atoms with van der Waals surface area (Å²) >= 11 is 0. The summed E-state index contributed by atoms with van der Waals surface area (Å²) in [6, 6.07) is 0.568. The number of carbonyl (C=O) groups is 1. The van der Waals surface area contributed by atoms with Crippen LogP contribution in [0.1, 0.15) is 43.1 Å². The van der Waals surface area contributed by atoms with E-state index in [1.54, 1.807) is 6.20 Å². The van der Waals surface area contributed by atoms with Crippen molar-refractivity contribution in [2.75, 3.05) is 18.6 Å². The molecular weight excluding hydrogens is 230 g/mol. The minimum Gasteiger partial charge on any atom is -0.464 e. The van der Waals surface area contributed by atoms with Gasteiger partial charge in [0.15, 0.2) is 5.69 Å². The molecule has 0 aliphatic heterocycles. The minimum absolute atomic E-state index is 0.275. The molecule has 0 radical (unpaired) electrons. The van der Waals surface area contributed by atoms with Gasteiger partial charge in [0.05, 0.1) is 19.5 Å². The van der Waals surface area contributed by atoms with Gasteiger partial charge in [0, 0.05) is 12.6 Å². The first-order chi connectivity index (χ1) is 8.76. The monoisotopic (exact) mass is 249 g/mol. The SMILES string of the molecule is CCCCN(c1cncc(C(=O)OC)n1)C1CC1. The van der Waals surface area contributed by atoms with Crippen molar-refractivity contribution in [2.45, 2.75) is 38.6 Å². The summed E-state index contributed by atoms with van der Waals surface area (Å²) in [5.74, 6) is 0.351. The molecule has 0 unspecified atom stereocenters. The lowest BCUT2D eigenvalue weighted by Gasteiger charge is -2.23. The minimum atomic E-state index is -0.435. The Morgan fingerprint density at radius 1 is 1.50 bits per heavy atom. The van der Waals surface area contributed by atoms with Crippen LogP contribution in [0.25, 0.3) is 0 Å². The Kier molecular flexibility index (Phi) is 4.12. The lowest BCUT2D eigenvalue weighted by atomic mass is 10.3. The predicted molar refractivity (Wildman–Crippen MR) is 68.6 cm³/mol. The van der Waals surface area contributed by atoms with Crippen molar-refractivity contribution in [3.05, 3.63) is 18.1 Å². The summed E-state index contributed by atoms with van der Waals surface area (Å²) in [6.45, 7) is 3.14. The number of unbranched alkanes of at least 4 members (excludes halogenated alkanes) is 1. The van der Waals surface area contributed by atoms with E-state index in [-0.39, 0.29) is 5.69 Å². The van der Waals surface area contributed by atoms with Crippen LogP contribution in [0.4, 0.5) is 5.82 Å². The third-order valence-corrected chi connectivity index (χ3v) is 3.05. The van der Waals surface area contributed by atoms with Crippen LogP contribution in [-0.4, -0.2) is 35.6 Å². The third kappa shape index (κ3) is 2.97. The molecule has 1 aromatic heterocycles. The number of hydrogen-bond acceptors (Lipinski definition) is 5. The molecule has 0 spiro atoms. The van der Waals surface area contributed by atoms with Crippen molar-refractivity contribution in [1.82, 2.24) is 9.97 Å². The Labute approximate surface area is 107 Å². The number of anilines is 1. The van der Waals surface area contributed by atoms with Crippen LogP contribution in [0.3, 0.4) is 0 Å². The predicted octanol–water partition coefficient (Wildman–Crippen LogP) is 2.03. The lowest BCUT2D eigenvalue weighted by Crippen LogP contribution is -2.28. The van der Waals surface area contributed by atoms with Crippen molar-refractivity contribution in [3.63, 3.8) is 0 Å². The maximum absolute atomic E-state index is 11.4. The highest BCUT2D eigenvalue weighted by Crippen LogP contribution is 2.30. The summed E-state index contributed by atoms with van der Waals surface area (Å²) in [5, 5.41) is 0. The van der Waals surface area contributed by atoms with Crippen LogP contribution in [-0.2, 0) is 4.74 Å². The Morgan fingerprint density at radius 3 is 2.89 bits per heavy atom. The highest BCUT2D eigenvalue weighted by atomic mass is 16.5. The first kappa shape index (κ1) is 12.8. The zero-order valence-electron chi connectivity index (χ0n) is 10.9. The van der Waals surface area contributed by atoms with Gasteiger partial charge in [-0.15, -0.1) is 0 Å². The summed E-state index contributed by atoms with van der Waals surface area (Å²) in [4.78, 5) is 22.1. The van der Waals surface area contributed by atoms with Gasteiger partial charge in [0.2, 0.25) is 0 Å². The molecule has 2 rings (SSSR count). The van der Waals surface area contributed by atoms with E-state index in [1.807, 2.05) is 0 Å². The quantitative estimate of drug-likeness (QED) is 0.722. The van der Waals surface area contributed by atoms with Gasteiger partial charge in [-0.3, -0.25) is 4.98 Å². The lowest BCUT2D eigenvalue weighted by molar-refractivity contribution is 0.0593. The van der Waals surface area contributed by atoms with E-state index >= 15 is 0 Å². The summed E-state index contributed by atoms with van der Waals surface area (Å²) in [6.07, 6.45) is 7.84. The first-order valence-electron chi connectivity index (χ1n) is 6.43. The van der Waals surface area contributed by atoms with E-state index < -0.39 is 5.97 Å². The number of methoxy groups -OCH3 is 1. The maximum atomic E-state index is 11.4. The molecule has 1 aliphatic carbocycles. The second-order valence-electron chi connectivity index (χ2n) is 4.53. The van der Waals surface area contributed by atoms with Crippen LogP contribution in [0.5, 0.6) is 0 Å². The molecule has 5 nitrogen and oxygen atoms in total. The number of hydrogen-bond donors (Lipinski definition) is 0. The van der Waals surface area contributed by atoms with Crippen molar-refractivity contribution in [3.8, 4) is 0 Å². The molecule has 0 aromatic carbocycles. The van der Waals surface area contributed by atoms with Crippen LogP contribution in [0.2, 0.25) is 0 Å². The fraction of sp³-hybridized carbons (Fsp3) is 0.615. The molecular formula is C13H19N3O2. The van der Waals surface area contributed by atoms with Crippen molar-refractivity contribution in [1.29, 1.82) is 0 Å². The van der Waals surface area contributed by atoms with Gasteiger partial charge >= 0.3 is 5.97 Å². The van der Waals surface area contributed by atoms with Gasteiger partial charge in [-0.2, -0.15) is 0 Å². The Bertz CT molecular complexity index is 418. The second-order valence-corrected chi connectivity index (χ2v) is 4.53. The van der Waals surface area contributed by atoms with Crippen LogP contribution >= 0.6 is 0 Å². The smallest absolute Gasteiger partial charge is 0.358 e. The Hall–Kier alpha value is -1.65. The van der Waals surface area contributed by atoms with Crippen molar-refractivity contribution >= 4 is 11.8 Å². The standard InChI is InChI=1S/C13H19N3O2/c1-3-4-7-16(10-5-6-10)12-9-14-8-11(15-12)13(17)18-2/h8-10H,3-7H2,1-2H3. The molecule has 5 heteroatoms. The zero-order valence-corrected chi connectivity index (χ0v) is 10.9. The Morgan fingerprint density at radius 2 is 2.28 bits per heavy atom. The number of ether oxygens (including phenoxy) is 1. The number of rotatable bonds is 6. The van der Waals surface area contributed by atoms with Crippen molar-refractivity contribution < 1.29 is 9.53 Å². The molecule has 1 fully saturated rings. The summed E-state index contributed by atoms with van der Waals surface area (Å²) in [5.41, 5.74) is 0.275. The topological polar surface area (TPSA) is 55.3 Å². The fourth-order valence-corrected chi connectivity index (χ4v) is 1.90. The van der Waals surface area contributed by atoms with E-state index in [9.17, 15) is 4.79 Å². The molecule has 0 amide bonds. The van der Waals surface area contributed by atoms with E-state index in [0.717, 1.165) is 25.2 Å². The maximum Gasteiger partial charge on any atom is 0.358 e. The molecule has 0 N–H and O–H groups in total. The first-order valence-corrected chi connectivity index (χ1v) is 6.43. The molecule has 18 heavy (non-hydrogen) atoms. The van der Waals surface area contributed by atoms with Gasteiger partial charge < -0.3 is 9.64 Å². The number of nitrogens with zero attached hydrogens (tertiary/aromatic N) is 3. The molecule has 98 valence electrons. The Balaban J connectivity index is 2.16. The van der Waals surface area contributed by atoms with E-state index in [2.05, 4.69) is 26.5 Å². The summed E-state index contributed by atoms with van der Waals surface area (Å²) in [7, 11) is 1.35. The van der Waals surface area contributed by atoms with Gasteiger partial charge in [0.25, 0.3) is 0 Å². The molecule has 1 saturated carbocycles. The number of carbonyl (C=O) groups excluding carboxylic acids is 1. The molecule has 1 aromatic rings. The van der Waals surface area contributed by atoms with E-state index in [0.29, 0.717) is 6.04 Å². The largest absolute Gasteiger partial charge is 0.464 e. The number of aromatic nitrogens is 2. The highest BCUT2D eigenvalue weighted by molar-refractivity contribution is 5.87. The van der Waals surface area contributed by atoms with Crippen LogP contribution < -0.4 is 4.90 Å². The molecule has 0 bridgehead atoms. The normalized spacial score (nSPS) is 14.3. The van der Waals surface area contributed by atoms with Gasteiger partial charge in [0.1, 0.15) is 5.82 Å². The van der Waals surface area contributed by atoms with Gasteiger partial charge in [-0.05, 0) is 19.3 Å². The number of esters is 1. The molecule has 0 saturated heterocycles. The molecule has 1 heterocycles. The molecule has 0 atom stereocenters. The van der Waals surface area contributed by atoms with Crippen molar-refractivity contribution in [2.24, 2.45) is 0 Å². The average molecular weight is 249 g/mol. The van der Waals surface area contributed by atoms with E-state index in [4.69, 9.17) is 0 Å². The van der Waals surface area contributed by atoms with E-state index in [1.165, 1.54) is 26.1 Å². The zero-order chi connectivity index (χ0) is 13.0. The van der Waals surface area contributed by atoms with Gasteiger partial charge in [-0.25, -0.2) is 9.78 Å². The van der Waals surface area contributed by atoms with Crippen LogP contribution in [0.15, 0.2) is 12.4 Å². The van der Waals surface area contributed by atoms with Crippen LogP contribution in [0, 0.1) is 0 Å². The van der Waals surface area contributed by atoms with Gasteiger partial charge in [-0.1, -0.05) is 13.3 Å². The average Bonchev–Trinajstić information content (AvgIpc) is 3.23. The molecule has 1 aliphatic rings. The summed E-state index contributed by atoms with van der Waals surface area (Å²) < 4.78 is 4.67.